The van der Waals surface area contributed by atoms with Crippen LogP contribution in [0.2, 0.25) is 0 Å². The first-order valence-corrected chi connectivity index (χ1v) is 5.32. The van der Waals surface area contributed by atoms with Crippen LogP contribution in [0.1, 0.15) is 25.5 Å². The third-order valence-electron chi connectivity index (χ3n) is 2.20. The molecule has 2 N–H and O–H groups in total. The maximum absolute atomic E-state index is 13.0. The lowest BCUT2D eigenvalue weighted by Gasteiger charge is -2.16. The number of carboxylic acids is 1. The van der Waals surface area contributed by atoms with Gasteiger partial charge in [-0.05, 0) is 30.2 Å². The van der Waals surface area contributed by atoms with E-state index in [0.29, 0.717) is 12.6 Å². The van der Waals surface area contributed by atoms with Crippen LogP contribution >= 0.6 is 0 Å². The highest BCUT2D eigenvalue weighted by molar-refractivity contribution is 5.75. The second-order valence-corrected chi connectivity index (χ2v) is 4.28. The van der Waals surface area contributed by atoms with Gasteiger partial charge in [0, 0.05) is 6.07 Å². The van der Waals surface area contributed by atoms with Gasteiger partial charge in [0.1, 0.15) is 17.7 Å². The third-order valence-corrected chi connectivity index (χ3v) is 2.20. The molecule has 0 heterocycles. The van der Waals surface area contributed by atoms with E-state index in [1.54, 1.807) is 0 Å². The third kappa shape index (κ3) is 4.11. The Labute approximate surface area is 98.5 Å². The quantitative estimate of drug-likeness (QED) is 0.834. The molecule has 0 aromatic heterocycles. The second-order valence-electron chi connectivity index (χ2n) is 4.28. The first-order chi connectivity index (χ1) is 7.90. The topological polar surface area (TPSA) is 49.3 Å². The van der Waals surface area contributed by atoms with E-state index in [4.69, 9.17) is 5.11 Å². The average Bonchev–Trinajstić information content (AvgIpc) is 2.14. The van der Waals surface area contributed by atoms with Crippen molar-refractivity contribution in [3.05, 3.63) is 35.4 Å². The lowest BCUT2D eigenvalue weighted by Crippen LogP contribution is -2.31. The number of carbonyl (C=O) groups is 1. The molecule has 0 saturated heterocycles. The average molecular weight is 243 g/mol. The van der Waals surface area contributed by atoms with E-state index in [-0.39, 0.29) is 11.5 Å². The zero-order valence-electron chi connectivity index (χ0n) is 9.71. The highest BCUT2D eigenvalue weighted by Gasteiger charge is 2.20. The first kappa shape index (κ1) is 13.6. The van der Waals surface area contributed by atoms with Crippen LogP contribution in [-0.4, -0.2) is 17.6 Å². The first-order valence-electron chi connectivity index (χ1n) is 5.32. The summed E-state index contributed by atoms with van der Waals surface area (Å²) in [7, 11) is 0. The number of rotatable bonds is 5. The maximum atomic E-state index is 13.0. The van der Waals surface area contributed by atoms with Gasteiger partial charge in [-0.15, -0.1) is 0 Å². The summed E-state index contributed by atoms with van der Waals surface area (Å²) in [5, 5.41) is 11.8. The van der Waals surface area contributed by atoms with Gasteiger partial charge < -0.3 is 10.4 Å². The zero-order valence-corrected chi connectivity index (χ0v) is 9.71. The second kappa shape index (κ2) is 5.72. The van der Waals surface area contributed by atoms with Crippen molar-refractivity contribution in [2.24, 2.45) is 5.92 Å². The highest BCUT2D eigenvalue weighted by Crippen LogP contribution is 2.17. The van der Waals surface area contributed by atoms with Crippen molar-refractivity contribution in [1.82, 2.24) is 5.32 Å². The lowest BCUT2D eigenvalue weighted by atomic mass is 10.1. The molecule has 0 aliphatic carbocycles. The fraction of sp³-hybridized carbons (Fsp3) is 0.417. The number of halogens is 2. The Hall–Kier alpha value is -1.49. The van der Waals surface area contributed by atoms with Gasteiger partial charge in [0.15, 0.2) is 0 Å². The van der Waals surface area contributed by atoms with Gasteiger partial charge in [-0.1, -0.05) is 13.8 Å². The Bertz CT molecular complexity index is 387. The van der Waals surface area contributed by atoms with Crippen LogP contribution < -0.4 is 5.32 Å². The number of nitrogens with one attached hydrogen (secondary N) is 1. The van der Waals surface area contributed by atoms with Gasteiger partial charge in [0.05, 0.1) is 0 Å². The van der Waals surface area contributed by atoms with Crippen LogP contribution in [-0.2, 0) is 4.79 Å². The number of benzene rings is 1. The van der Waals surface area contributed by atoms with Crippen molar-refractivity contribution in [2.75, 3.05) is 6.54 Å². The minimum atomic E-state index is -1.16. The Morgan fingerprint density at radius 1 is 1.29 bits per heavy atom. The predicted octanol–water partition coefficient (Wildman–Crippen LogP) is 2.34. The molecule has 0 amide bonds. The van der Waals surface area contributed by atoms with Crippen LogP contribution in [0.5, 0.6) is 0 Å². The molecule has 0 aliphatic rings. The van der Waals surface area contributed by atoms with Crippen molar-refractivity contribution < 1.29 is 18.7 Å². The van der Waals surface area contributed by atoms with Crippen molar-refractivity contribution in [3.63, 3.8) is 0 Å². The summed E-state index contributed by atoms with van der Waals surface area (Å²) in [4.78, 5) is 11.0. The fourth-order valence-electron chi connectivity index (χ4n) is 1.44. The molecule has 3 nitrogen and oxygen atoms in total. The molecule has 0 bridgehead atoms. The molecule has 1 aromatic rings. The van der Waals surface area contributed by atoms with Gasteiger partial charge in [-0.3, -0.25) is 4.79 Å². The van der Waals surface area contributed by atoms with Crippen LogP contribution in [0, 0.1) is 17.6 Å². The van der Waals surface area contributed by atoms with E-state index in [1.165, 1.54) is 0 Å². The van der Waals surface area contributed by atoms with Crippen molar-refractivity contribution in [1.29, 1.82) is 0 Å². The van der Waals surface area contributed by atoms with E-state index < -0.39 is 23.6 Å². The van der Waals surface area contributed by atoms with Gasteiger partial charge >= 0.3 is 5.97 Å². The molecule has 0 saturated carbocycles. The molecule has 1 aromatic carbocycles. The molecule has 94 valence electrons. The van der Waals surface area contributed by atoms with Crippen molar-refractivity contribution >= 4 is 5.97 Å². The number of hydrogen-bond acceptors (Lipinski definition) is 2. The van der Waals surface area contributed by atoms with E-state index in [2.05, 4.69) is 5.32 Å². The molecule has 0 aliphatic heterocycles. The fourth-order valence-corrected chi connectivity index (χ4v) is 1.44. The van der Waals surface area contributed by atoms with Gasteiger partial charge in [0.25, 0.3) is 0 Å². The molecular formula is C12H15F2NO2. The molecule has 1 atom stereocenters. The largest absolute Gasteiger partial charge is 0.480 e. The van der Waals surface area contributed by atoms with Gasteiger partial charge in [-0.25, -0.2) is 8.78 Å². The van der Waals surface area contributed by atoms with Crippen LogP contribution in [0.25, 0.3) is 0 Å². The molecule has 5 heteroatoms. The summed E-state index contributed by atoms with van der Waals surface area (Å²) < 4.78 is 26.0. The summed E-state index contributed by atoms with van der Waals surface area (Å²) in [6, 6.07) is 1.66. The molecule has 1 rings (SSSR count). The minimum Gasteiger partial charge on any atom is -0.480 e. The minimum absolute atomic E-state index is 0.0793. The Balaban J connectivity index is 2.93. The summed E-state index contributed by atoms with van der Waals surface area (Å²) in [6.45, 7) is 4.28. The predicted molar refractivity (Wildman–Crippen MR) is 59.6 cm³/mol. The van der Waals surface area contributed by atoms with Crippen LogP contribution in [0.3, 0.4) is 0 Å². The van der Waals surface area contributed by atoms with Crippen LogP contribution in [0.15, 0.2) is 18.2 Å². The normalized spacial score (nSPS) is 12.8. The molecule has 1 unspecified atom stereocenters. The van der Waals surface area contributed by atoms with Gasteiger partial charge in [0.2, 0.25) is 0 Å². The Morgan fingerprint density at radius 2 is 1.82 bits per heavy atom. The zero-order chi connectivity index (χ0) is 13.0. The standard InChI is InChI=1S/C12H15F2NO2/c1-7(2)6-15-11(12(16)17)8-3-9(13)5-10(14)4-8/h3-5,7,11,15H,6H2,1-2H3,(H,16,17). The molecule has 0 radical (unpaired) electrons. The maximum Gasteiger partial charge on any atom is 0.325 e. The van der Waals surface area contributed by atoms with Crippen molar-refractivity contribution in [2.45, 2.75) is 19.9 Å². The van der Waals surface area contributed by atoms with E-state index in [1.807, 2.05) is 13.8 Å². The SMILES string of the molecule is CC(C)CNC(C(=O)O)c1cc(F)cc(F)c1. The Kier molecular flexibility index (Phi) is 4.57. The molecule has 0 fully saturated rings. The van der Waals surface area contributed by atoms with E-state index >= 15 is 0 Å². The molecule has 0 spiro atoms. The van der Waals surface area contributed by atoms with E-state index in [9.17, 15) is 13.6 Å². The number of carboxylic acid groups (broad SMARTS) is 1. The molecular weight excluding hydrogens is 228 g/mol. The van der Waals surface area contributed by atoms with Crippen molar-refractivity contribution in [3.8, 4) is 0 Å². The van der Waals surface area contributed by atoms with Gasteiger partial charge in [-0.2, -0.15) is 0 Å². The summed E-state index contributed by atoms with van der Waals surface area (Å²) in [5.74, 6) is -2.47. The monoisotopic (exact) mass is 243 g/mol. The number of hydrogen-bond donors (Lipinski definition) is 2. The van der Waals surface area contributed by atoms with Crippen LogP contribution in [0.4, 0.5) is 8.78 Å². The summed E-state index contributed by atoms with van der Waals surface area (Å²) >= 11 is 0. The summed E-state index contributed by atoms with van der Waals surface area (Å²) in [6.07, 6.45) is 0. The number of aliphatic carboxylic acids is 1. The Morgan fingerprint density at radius 3 is 2.24 bits per heavy atom. The highest BCUT2D eigenvalue weighted by atomic mass is 19.1. The van der Waals surface area contributed by atoms with E-state index in [0.717, 1.165) is 12.1 Å². The lowest BCUT2D eigenvalue weighted by molar-refractivity contribution is -0.139. The molecule has 17 heavy (non-hydrogen) atoms. The smallest absolute Gasteiger partial charge is 0.325 e. The summed E-state index contributed by atoms with van der Waals surface area (Å²) in [5.41, 5.74) is 0.0793.